The molecule has 0 saturated carbocycles. The molecule has 3 rings (SSSR count). The Morgan fingerprint density at radius 1 is 1.10 bits per heavy atom. The fraction of sp³-hybridized carbons (Fsp3) is 0.652. The van der Waals surface area contributed by atoms with Crippen molar-refractivity contribution in [3.63, 3.8) is 0 Å². The fourth-order valence-corrected chi connectivity index (χ4v) is 4.56. The van der Waals surface area contributed by atoms with Gasteiger partial charge in [-0.15, -0.1) is 0 Å². The molecule has 2 heterocycles. The molecule has 1 atom stereocenters. The Hall–Kier alpha value is -1.79. The number of hydrogen-bond donors (Lipinski definition) is 1. The van der Waals surface area contributed by atoms with Crippen molar-refractivity contribution >= 4 is 23.4 Å². The SMILES string of the molecule is CC(=O)N1CCC(C(=O)N2CCCC(O)(COc3cc(C)c(Cl)c(C)c3)CC2)CC1. The van der Waals surface area contributed by atoms with Gasteiger partial charge in [0.05, 0.1) is 0 Å². The summed E-state index contributed by atoms with van der Waals surface area (Å²) in [5, 5.41) is 11.8. The van der Waals surface area contributed by atoms with Crippen molar-refractivity contribution in [3.8, 4) is 5.75 Å². The van der Waals surface area contributed by atoms with Crippen LogP contribution in [0.25, 0.3) is 0 Å². The Balaban J connectivity index is 1.53. The molecule has 0 aliphatic carbocycles. The quantitative estimate of drug-likeness (QED) is 0.785. The lowest BCUT2D eigenvalue weighted by Gasteiger charge is -2.33. The van der Waals surface area contributed by atoms with E-state index < -0.39 is 5.60 Å². The molecule has 0 radical (unpaired) electrons. The number of aryl methyl sites for hydroxylation is 2. The van der Waals surface area contributed by atoms with E-state index in [1.165, 1.54) is 0 Å². The third-order valence-electron chi connectivity index (χ3n) is 6.44. The third-order valence-corrected chi connectivity index (χ3v) is 7.03. The van der Waals surface area contributed by atoms with Crippen molar-refractivity contribution in [2.45, 2.75) is 58.5 Å². The highest BCUT2D eigenvalue weighted by molar-refractivity contribution is 6.32. The van der Waals surface area contributed by atoms with Crippen LogP contribution >= 0.6 is 11.6 Å². The first-order chi connectivity index (χ1) is 14.2. The van der Waals surface area contributed by atoms with E-state index in [0.717, 1.165) is 35.4 Å². The summed E-state index contributed by atoms with van der Waals surface area (Å²) in [6.45, 7) is 8.14. The lowest BCUT2D eigenvalue weighted by Crippen LogP contribution is -2.44. The van der Waals surface area contributed by atoms with Crippen molar-refractivity contribution in [2.75, 3.05) is 32.8 Å². The zero-order chi connectivity index (χ0) is 21.9. The first-order valence-corrected chi connectivity index (χ1v) is 11.2. The summed E-state index contributed by atoms with van der Waals surface area (Å²) in [6, 6.07) is 3.78. The van der Waals surface area contributed by atoms with E-state index in [9.17, 15) is 14.7 Å². The molecule has 2 amide bonds. The number of carbonyl (C=O) groups excluding carboxylic acids is 2. The van der Waals surface area contributed by atoms with Crippen LogP contribution in [0, 0.1) is 19.8 Å². The number of likely N-dealkylation sites (tertiary alicyclic amines) is 2. The van der Waals surface area contributed by atoms with Gasteiger partial charge in [0.25, 0.3) is 0 Å². The molecule has 0 spiro atoms. The Kier molecular flexibility index (Phi) is 7.30. The van der Waals surface area contributed by atoms with Crippen LogP contribution in [0.5, 0.6) is 5.75 Å². The number of nitrogens with zero attached hydrogens (tertiary/aromatic N) is 2. The van der Waals surface area contributed by atoms with E-state index in [2.05, 4.69) is 0 Å². The lowest BCUT2D eigenvalue weighted by molar-refractivity contribution is -0.140. The summed E-state index contributed by atoms with van der Waals surface area (Å²) in [5.74, 6) is 0.916. The molecule has 0 aromatic heterocycles. The van der Waals surface area contributed by atoms with Crippen molar-refractivity contribution in [1.82, 2.24) is 9.80 Å². The average molecular weight is 437 g/mol. The largest absolute Gasteiger partial charge is 0.491 e. The third kappa shape index (κ3) is 5.46. The molecule has 2 aliphatic rings. The first-order valence-electron chi connectivity index (χ1n) is 10.8. The Bertz CT molecular complexity index is 768. The number of rotatable bonds is 4. The van der Waals surface area contributed by atoms with Gasteiger partial charge in [-0.05, 0) is 69.2 Å². The van der Waals surface area contributed by atoms with Gasteiger partial charge in [0, 0.05) is 44.0 Å². The summed E-state index contributed by atoms with van der Waals surface area (Å²) >= 11 is 6.22. The molecule has 2 fully saturated rings. The van der Waals surface area contributed by atoms with Gasteiger partial charge in [-0.25, -0.2) is 0 Å². The topological polar surface area (TPSA) is 70.1 Å². The molecule has 1 N–H and O–H groups in total. The van der Waals surface area contributed by atoms with Gasteiger partial charge < -0.3 is 19.6 Å². The maximum atomic E-state index is 13.0. The molecular weight excluding hydrogens is 404 g/mol. The molecule has 6 nitrogen and oxygen atoms in total. The molecule has 166 valence electrons. The zero-order valence-electron chi connectivity index (χ0n) is 18.2. The predicted molar refractivity (Wildman–Crippen MR) is 117 cm³/mol. The van der Waals surface area contributed by atoms with E-state index in [0.29, 0.717) is 44.8 Å². The van der Waals surface area contributed by atoms with Gasteiger partial charge in [0.2, 0.25) is 11.8 Å². The molecule has 2 saturated heterocycles. The minimum Gasteiger partial charge on any atom is -0.491 e. The normalized spacial score (nSPS) is 23.2. The fourth-order valence-electron chi connectivity index (χ4n) is 4.45. The molecule has 1 aromatic rings. The van der Waals surface area contributed by atoms with Crippen LogP contribution in [0.3, 0.4) is 0 Å². The van der Waals surface area contributed by atoms with Gasteiger partial charge >= 0.3 is 0 Å². The minimum absolute atomic E-state index is 0.0249. The zero-order valence-corrected chi connectivity index (χ0v) is 19.0. The summed E-state index contributed by atoms with van der Waals surface area (Å²) in [7, 11) is 0. The second-order valence-corrected chi connectivity index (χ2v) is 9.22. The lowest BCUT2D eigenvalue weighted by atomic mass is 9.94. The second-order valence-electron chi connectivity index (χ2n) is 8.84. The van der Waals surface area contributed by atoms with Crippen LogP contribution in [0.1, 0.15) is 50.2 Å². The van der Waals surface area contributed by atoms with E-state index in [1.807, 2.05) is 35.8 Å². The van der Waals surface area contributed by atoms with Gasteiger partial charge in [-0.3, -0.25) is 9.59 Å². The number of piperidine rings is 1. The predicted octanol–water partition coefficient (Wildman–Crippen LogP) is 3.34. The maximum Gasteiger partial charge on any atom is 0.225 e. The van der Waals surface area contributed by atoms with Crippen molar-refractivity contribution in [2.24, 2.45) is 5.92 Å². The van der Waals surface area contributed by atoms with Crippen molar-refractivity contribution in [3.05, 3.63) is 28.3 Å². The Morgan fingerprint density at radius 2 is 1.73 bits per heavy atom. The second kappa shape index (κ2) is 9.56. The highest BCUT2D eigenvalue weighted by atomic mass is 35.5. The van der Waals surface area contributed by atoms with Gasteiger partial charge in [0.1, 0.15) is 18.0 Å². The molecule has 0 bridgehead atoms. The van der Waals surface area contributed by atoms with Crippen LogP contribution in [-0.2, 0) is 9.59 Å². The van der Waals surface area contributed by atoms with Crippen LogP contribution in [0.4, 0.5) is 0 Å². The molecule has 1 unspecified atom stereocenters. The molecular formula is C23H33ClN2O4. The van der Waals surface area contributed by atoms with Crippen LogP contribution < -0.4 is 4.74 Å². The highest BCUT2D eigenvalue weighted by Crippen LogP contribution is 2.29. The maximum absolute atomic E-state index is 13.0. The van der Waals surface area contributed by atoms with Gasteiger partial charge in [-0.2, -0.15) is 0 Å². The molecule has 2 aliphatic heterocycles. The first kappa shape index (κ1) is 22.9. The number of amides is 2. The van der Waals surface area contributed by atoms with Crippen molar-refractivity contribution < 1.29 is 19.4 Å². The number of aliphatic hydroxyl groups is 1. The van der Waals surface area contributed by atoms with Gasteiger partial charge in [0.15, 0.2) is 0 Å². The number of halogens is 1. The highest BCUT2D eigenvalue weighted by Gasteiger charge is 2.35. The van der Waals surface area contributed by atoms with E-state index in [1.54, 1.807) is 6.92 Å². The van der Waals surface area contributed by atoms with E-state index >= 15 is 0 Å². The van der Waals surface area contributed by atoms with E-state index in [4.69, 9.17) is 16.3 Å². The van der Waals surface area contributed by atoms with Gasteiger partial charge in [-0.1, -0.05) is 11.6 Å². The number of ether oxygens (including phenoxy) is 1. The van der Waals surface area contributed by atoms with Crippen LogP contribution in [-0.4, -0.2) is 65.1 Å². The molecule has 30 heavy (non-hydrogen) atoms. The van der Waals surface area contributed by atoms with Crippen LogP contribution in [0.15, 0.2) is 12.1 Å². The molecule has 1 aromatic carbocycles. The standard InChI is InChI=1S/C23H33ClN2O4/c1-16-13-20(14-17(2)21(16)24)30-15-23(29)7-4-9-26(12-8-23)22(28)19-5-10-25(11-6-19)18(3)27/h13-14,19,29H,4-12,15H2,1-3H3. The monoisotopic (exact) mass is 436 g/mol. The summed E-state index contributed by atoms with van der Waals surface area (Å²) in [6.07, 6.45) is 3.29. The number of carbonyl (C=O) groups is 2. The Morgan fingerprint density at radius 3 is 2.33 bits per heavy atom. The smallest absolute Gasteiger partial charge is 0.225 e. The molecule has 7 heteroatoms. The van der Waals surface area contributed by atoms with E-state index in [-0.39, 0.29) is 24.3 Å². The minimum atomic E-state index is -0.950. The Labute approximate surface area is 184 Å². The number of hydrogen-bond acceptors (Lipinski definition) is 4. The number of benzene rings is 1. The van der Waals surface area contributed by atoms with Crippen LogP contribution in [0.2, 0.25) is 5.02 Å². The summed E-state index contributed by atoms with van der Waals surface area (Å²) in [4.78, 5) is 28.2. The van der Waals surface area contributed by atoms with Crippen molar-refractivity contribution in [1.29, 1.82) is 0 Å². The summed E-state index contributed by atoms with van der Waals surface area (Å²) in [5.41, 5.74) is 0.952. The average Bonchev–Trinajstić information content (AvgIpc) is 2.92. The summed E-state index contributed by atoms with van der Waals surface area (Å²) < 4.78 is 5.92.